The maximum atomic E-state index is 10.9. The average Bonchev–Trinajstić information content (AvgIpc) is 2.16. The molecule has 1 N–H and O–H groups in total. The van der Waals surface area contributed by atoms with E-state index in [1.54, 1.807) is 6.07 Å². The van der Waals surface area contributed by atoms with E-state index in [0.717, 1.165) is 4.90 Å². The van der Waals surface area contributed by atoms with Crippen molar-refractivity contribution in [2.75, 3.05) is 11.6 Å². The molecule has 0 aliphatic heterocycles. The van der Waals surface area contributed by atoms with Crippen LogP contribution in [0.25, 0.3) is 0 Å². The molecule has 0 spiro atoms. The van der Waals surface area contributed by atoms with Gasteiger partial charge in [-0.1, -0.05) is 6.07 Å². The van der Waals surface area contributed by atoms with Crippen molar-refractivity contribution >= 4 is 23.4 Å². The molecule has 0 saturated heterocycles. The van der Waals surface area contributed by atoms with E-state index in [2.05, 4.69) is 11.4 Å². The van der Waals surface area contributed by atoms with Crippen molar-refractivity contribution in [3.63, 3.8) is 0 Å². The van der Waals surface area contributed by atoms with Gasteiger partial charge in [-0.3, -0.25) is 4.79 Å². The van der Waals surface area contributed by atoms with Gasteiger partial charge in [-0.25, -0.2) is 0 Å². The number of hydrogen-bond acceptors (Lipinski definition) is 3. The first-order valence-corrected chi connectivity index (χ1v) is 5.26. The van der Waals surface area contributed by atoms with Gasteiger partial charge in [0.25, 0.3) is 0 Å². The summed E-state index contributed by atoms with van der Waals surface area (Å²) in [5, 5.41) is 11.6. The number of nitrogens with zero attached hydrogens (tertiary/aromatic N) is 1. The van der Waals surface area contributed by atoms with Crippen molar-refractivity contribution in [3.05, 3.63) is 23.8 Å². The monoisotopic (exact) mass is 206 g/mol. The standard InChI is InChI=1S/C10H10N2OS/c1-7(13)12-9-4-3-5-10(14-2)8(9)6-11/h3-5H,1-2H3,(H,12,13). The zero-order chi connectivity index (χ0) is 10.6. The van der Waals surface area contributed by atoms with Gasteiger partial charge in [-0.05, 0) is 18.4 Å². The van der Waals surface area contributed by atoms with Crippen LogP contribution in [0.5, 0.6) is 0 Å². The smallest absolute Gasteiger partial charge is 0.221 e. The number of anilines is 1. The highest BCUT2D eigenvalue weighted by atomic mass is 32.2. The summed E-state index contributed by atoms with van der Waals surface area (Å²) in [5.74, 6) is -0.167. The fourth-order valence-electron chi connectivity index (χ4n) is 1.11. The van der Waals surface area contributed by atoms with Crippen molar-refractivity contribution in [2.24, 2.45) is 0 Å². The fraction of sp³-hybridized carbons (Fsp3) is 0.200. The number of carbonyl (C=O) groups excluding carboxylic acids is 1. The molecule has 72 valence electrons. The first-order chi connectivity index (χ1) is 6.69. The molecular weight excluding hydrogens is 196 g/mol. The zero-order valence-electron chi connectivity index (χ0n) is 8.00. The van der Waals surface area contributed by atoms with Crippen LogP contribution in [0.3, 0.4) is 0 Å². The molecule has 0 unspecified atom stereocenters. The third-order valence-corrected chi connectivity index (χ3v) is 2.45. The molecule has 0 heterocycles. The van der Waals surface area contributed by atoms with Gasteiger partial charge in [0.2, 0.25) is 5.91 Å². The van der Waals surface area contributed by atoms with Gasteiger partial charge in [0.05, 0.1) is 11.3 Å². The van der Waals surface area contributed by atoms with Crippen LogP contribution >= 0.6 is 11.8 Å². The Morgan fingerprint density at radius 2 is 2.29 bits per heavy atom. The van der Waals surface area contributed by atoms with Gasteiger partial charge in [-0.2, -0.15) is 5.26 Å². The highest BCUT2D eigenvalue weighted by Crippen LogP contribution is 2.25. The average molecular weight is 206 g/mol. The lowest BCUT2D eigenvalue weighted by Crippen LogP contribution is -2.07. The molecule has 0 atom stereocenters. The van der Waals surface area contributed by atoms with Gasteiger partial charge in [0.15, 0.2) is 0 Å². The summed E-state index contributed by atoms with van der Waals surface area (Å²) in [7, 11) is 0. The van der Waals surface area contributed by atoms with E-state index < -0.39 is 0 Å². The number of thioether (sulfide) groups is 1. The van der Waals surface area contributed by atoms with Crippen LogP contribution in [0.4, 0.5) is 5.69 Å². The van der Waals surface area contributed by atoms with Gasteiger partial charge >= 0.3 is 0 Å². The number of amides is 1. The predicted molar refractivity (Wildman–Crippen MR) is 57.2 cm³/mol. The Balaban J connectivity index is 3.17. The van der Waals surface area contributed by atoms with Crippen molar-refractivity contribution in [2.45, 2.75) is 11.8 Å². The van der Waals surface area contributed by atoms with E-state index in [1.165, 1.54) is 18.7 Å². The topological polar surface area (TPSA) is 52.9 Å². The minimum absolute atomic E-state index is 0.167. The van der Waals surface area contributed by atoms with Gasteiger partial charge in [0.1, 0.15) is 6.07 Å². The zero-order valence-corrected chi connectivity index (χ0v) is 8.81. The van der Waals surface area contributed by atoms with Gasteiger partial charge in [-0.15, -0.1) is 11.8 Å². The maximum absolute atomic E-state index is 10.9. The molecule has 14 heavy (non-hydrogen) atoms. The quantitative estimate of drug-likeness (QED) is 0.755. The van der Waals surface area contributed by atoms with E-state index in [-0.39, 0.29) is 5.91 Å². The molecule has 0 fully saturated rings. The van der Waals surface area contributed by atoms with E-state index in [9.17, 15) is 4.79 Å². The number of hydrogen-bond donors (Lipinski definition) is 1. The normalized spacial score (nSPS) is 9.21. The molecule has 0 aromatic heterocycles. The number of benzene rings is 1. The van der Waals surface area contributed by atoms with Crippen molar-refractivity contribution in [3.8, 4) is 6.07 Å². The van der Waals surface area contributed by atoms with Crippen LogP contribution in [0, 0.1) is 11.3 Å². The number of carbonyl (C=O) groups is 1. The molecule has 0 bridgehead atoms. The summed E-state index contributed by atoms with van der Waals surface area (Å²) < 4.78 is 0. The van der Waals surface area contributed by atoms with E-state index in [0.29, 0.717) is 11.3 Å². The summed E-state index contributed by atoms with van der Waals surface area (Å²) in [5.41, 5.74) is 1.10. The maximum Gasteiger partial charge on any atom is 0.221 e. The third-order valence-electron chi connectivity index (χ3n) is 1.67. The lowest BCUT2D eigenvalue weighted by molar-refractivity contribution is -0.114. The first-order valence-electron chi connectivity index (χ1n) is 4.03. The number of nitriles is 1. The summed E-state index contributed by atoms with van der Waals surface area (Å²) >= 11 is 1.49. The molecule has 0 saturated carbocycles. The Morgan fingerprint density at radius 1 is 1.57 bits per heavy atom. The van der Waals surface area contributed by atoms with Gasteiger partial charge in [0, 0.05) is 11.8 Å². The highest BCUT2D eigenvalue weighted by Gasteiger charge is 2.07. The molecule has 3 nitrogen and oxygen atoms in total. The van der Waals surface area contributed by atoms with Crippen molar-refractivity contribution < 1.29 is 4.79 Å². The minimum Gasteiger partial charge on any atom is -0.325 e. The molecule has 1 aromatic carbocycles. The van der Waals surface area contributed by atoms with E-state index in [4.69, 9.17) is 5.26 Å². The van der Waals surface area contributed by atoms with E-state index >= 15 is 0 Å². The minimum atomic E-state index is -0.167. The first kappa shape index (κ1) is 10.6. The largest absolute Gasteiger partial charge is 0.325 e. The molecule has 0 aliphatic carbocycles. The van der Waals surface area contributed by atoms with Crippen molar-refractivity contribution in [1.29, 1.82) is 5.26 Å². The van der Waals surface area contributed by atoms with Crippen LogP contribution < -0.4 is 5.32 Å². The molecule has 0 radical (unpaired) electrons. The Kier molecular flexibility index (Phi) is 3.55. The molecule has 1 aromatic rings. The second kappa shape index (κ2) is 4.68. The Labute approximate surface area is 87.1 Å². The molecule has 1 rings (SSSR count). The second-order valence-electron chi connectivity index (χ2n) is 2.68. The summed E-state index contributed by atoms with van der Waals surface area (Å²) in [4.78, 5) is 11.7. The highest BCUT2D eigenvalue weighted by molar-refractivity contribution is 7.98. The summed E-state index contributed by atoms with van der Waals surface area (Å²) in [6, 6.07) is 7.48. The molecular formula is C10H10N2OS. The van der Waals surface area contributed by atoms with Crippen LogP contribution in [0.15, 0.2) is 23.1 Å². The molecule has 1 amide bonds. The Bertz CT molecular complexity index is 396. The third kappa shape index (κ3) is 2.27. The lowest BCUT2D eigenvalue weighted by atomic mass is 10.2. The predicted octanol–water partition coefficient (Wildman–Crippen LogP) is 2.24. The van der Waals surface area contributed by atoms with Crippen molar-refractivity contribution in [1.82, 2.24) is 0 Å². The second-order valence-corrected chi connectivity index (χ2v) is 3.52. The van der Waals surface area contributed by atoms with E-state index in [1.807, 2.05) is 18.4 Å². The van der Waals surface area contributed by atoms with Crippen LogP contribution in [-0.4, -0.2) is 12.2 Å². The number of rotatable bonds is 2. The molecule has 4 heteroatoms. The fourth-order valence-corrected chi connectivity index (χ4v) is 1.68. The van der Waals surface area contributed by atoms with Gasteiger partial charge < -0.3 is 5.32 Å². The SMILES string of the molecule is CSc1cccc(NC(C)=O)c1C#N. The Hall–Kier alpha value is -1.47. The number of nitrogens with one attached hydrogen (secondary N) is 1. The van der Waals surface area contributed by atoms with Crippen LogP contribution in [0.2, 0.25) is 0 Å². The summed E-state index contributed by atoms with van der Waals surface area (Å²) in [6.07, 6.45) is 1.90. The summed E-state index contributed by atoms with van der Waals surface area (Å²) in [6.45, 7) is 1.42. The Morgan fingerprint density at radius 3 is 2.79 bits per heavy atom. The lowest BCUT2D eigenvalue weighted by Gasteiger charge is -2.07. The van der Waals surface area contributed by atoms with Crippen LogP contribution in [0.1, 0.15) is 12.5 Å². The molecule has 0 aliphatic rings. The van der Waals surface area contributed by atoms with Crippen LogP contribution in [-0.2, 0) is 4.79 Å².